The zero-order valence-electron chi connectivity index (χ0n) is 9.18. The summed E-state index contributed by atoms with van der Waals surface area (Å²) < 4.78 is 27.3. The van der Waals surface area contributed by atoms with E-state index in [0.29, 0.717) is 12.4 Å². The van der Waals surface area contributed by atoms with E-state index in [9.17, 15) is 8.42 Å². The summed E-state index contributed by atoms with van der Waals surface area (Å²) in [4.78, 5) is 2.08. The van der Waals surface area contributed by atoms with Crippen LogP contribution >= 0.6 is 10.7 Å². The molecule has 0 aliphatic carbocycles. The maximum Gasteiger partial charge on any atom is 0.261 e. The number of nitrogens with zero attached hydrogens (tertiary/aromatic N) is 1. The molecule has 6 heteroatoms. The Bertz CT molecular complexity index is 428. The average molecular weight is 264 g/mol. The van der Waals surface area contributed by atoms with Crippen LogP contribution < -0.4 is 4.74 Å². The first-order chi connectivity index (χ1) is 7.39. The lowest BCUT2D eigenvalue weighted by Gasteiger charge is -2.10. The second-order valence-corrected chi connectivity index (χ2v) is 6.13. The van der Waals surface area contributed by atoms with Crippen molar-refractivity contribution in [1.29, 1.82) is 0 Å². The van der Waals surface area contributed by atoms with Crippen molar-refractivity contribution in [3.8, 4) is 5.75 Å². The van der Waals surface area contributed by atoms with Crippen LogP contribution in [0.2, 0.25) is 0 Å². The molecule has 4 nitrogen and oxygen atoms in total. The predicted molar refractivity (Wildman–Crippen MR) is 63.5 cm³/mol. The molecule has 0 N–H and O–H groups in total. The van der Waals surface area contributed by atoms with Crippen LogP contribution in [0.25, 0.3) is 0 Å². The lowest BCUT2D eigenvalue weighted by Crippen LogP contribution is -2.19. The Morgan fingerprint density at radius 3 is 2.25 bits per heavy atom. The maximum absolute atomic E-state index is 11.0. The van der Waals surface area contributed by atoms with Gasteiger partial charge in [-0.1, -0.05) is 0 Å². The molecule has 1 aromatic rings. The number of benzene rings is 1. The van der Waals surface area contributed by atoms with Gasteiger partial charge in [-0.05, 0) is 38.4 Å². The van der Waals surface area contributed by atoms with Gasteiger partial charge in [0.1, 0.15) is 12.4 Å². The van der Waals surface area contributed by atoms with Gasteiger partial charge >= 0.3 is 0 Å². The van der Waals surface area contributed by atoms with Crippen molar-refractivity contribution in [2.75, 3.05) is 27.2 Å². The molecule has 90 valence electrons. The average Bonchev–Trinajstić information content (AvgIpc) is 2.16. The lowest BCUT2D eigenvalue weighted by atomic mass is 10.3. The van der Waals surface area contributed by atoms with Crippen LogP contribution in [0.5, 0.6) is 5.75 Å². The highest BCUT2D eigenvalue weighted by atomic mass is 35.7. The van der Waals surface area contributed by atoms with Crippen molar-refractivity contribution in [2.24, 2.45) is 0 Å². The number of hydrogen-bond acceptors (Lipinski definition) is 4. The number of ether oxygens (including phenoxy) is 1. The smallest absolute Gasteiger partial charge is 0.261 e. The Balaban J connectivity index is 2.59. The van der Waals surface area contributed by atoms with Gasteiger partial charge < -0.3 is 9.64 Å². The van der Waals surface area contributed by atoms with Crippen molar-refractivity contribution in [2.45, 2.75) is 4.90 Å². The van der Waals surface area contributed by atoms with Gasteiger partial charge in [-0.15, -0.1) is 0 Å². The van der Waals surface area contributed by atoms with Gasteiger partial charge in [-0.3, -0.25) is 0 Å². The monoisotopic (exact) mass is 263 g/mol. The van der Waals surface area contributed by atoms with Crippen molar-refractivity contribution >= 4 is 19.7 Å². The SMILES string of the molecule is CN(C)CCOc1ccc(S(=O)(=O)Cl)cc1. The minimum Gasteiger partial charge on any atom is -0.492 e. The summed E-state index contributed by atoms with van der Waals surface area (Å²) in [6.45, 7) is 1.36. The van der Waals surface area contributed by atoms with Crippen molar-refractivity contribution < 1.29 is 13.2 Å². The van der Waals surface area contributed by atoms with E-state index in [1.807, 2.05) is 19.0 Å². The lowest BCUT2D eigenvalue weighted by molar-refractivity contribution is 0.261. The summed E-state index contributed by atoms with van der Waals surface area (Å²) in [6, 6.07) is 6.02. The third-order valence-corrected chi connectivity index (χ3v) is 3.28. The van der Waals surface area contributed by atoms with Crippen LogP contribution in [0, 0.1) is 0 Å². The molecule has 0 aromatic heterocycles. The zero-order valence-corrected chi connectivity index (χ0v) is 10.8. The maximum atomic E-state index is 11.0. The van der Waals surface area contributed by atoms with Crippen LogP contribution in [0.1, 0.15) is 0 Å². The topological polar surface area (TPSA) is 46.6 Å². The molecule has 0 saturated heterocycles. The number of likely N-dealkylation sites (N-methyl/N-ethyl adjacent to an activating group) is 1. The predicted octanol–water partition coefficient (Wildman–Crippen LogP) is 1.55. The summed E-state index contributed by atoms with van der Waals surface area (Å²) in [5.74, 6) is 0.630. The van der Waals surface area contributed by atoms with Gasteiger partial charge in [0.05, 0.1) is 4.90 Å². The molecule has 0 saturated carbocycles. The van der Waals surface area contributed by atoms with E-state index in [4.69, 9.17) is 15.4 Å². The van der Waals surface area contributed by atoms with Crippen molar-refractivity contribution in [3.63, 3.8) is 0 Å². The van der Waals surface area contributed by atoms with Crippen LogP contribution in [-0.2, 0) is 9.05 Å². The molecule has 0 fully saturated rings. The molecule has 1 rings (SSSR count). The minimum atomic E-state index is -3.65. The van der Waals surface area contributed by atoms with Gasteiger partial charge in [0.25, 0.3) is 9.05 Å². The number of hydrogen-bond donors (Lipinski definition) is 0. The highest BCUT2D eigenvalue weighted by Crippen LogP contribution is 2.18. The van der Waals surface area contributed by atoms with E-state index in [2.05, 4.69) is 0 Å². The first-order valence-corrected chi connectivity index (χ1v) is 7.03. The van der Waals surface area contributed by atoms with Gasteiger partial charge in [0, 0.05) is 17.2 Å². The van der Waals surface area contributed by atoms with Gasteiger partial charge in [0.2, 0.25) is 0 Å². The van der Waals surface area contributed by atoms with E-state index >= 15 is 0 Å². The van der Waals surface area contributed by atoms with E-state index in [-0.39, 0.29) is 4.90 Å². The Kier molecular flexibility index (Phi) is 4.58. The third-order valence-electron chi connectivity index (χ3n) is 1.91. The van der Waals surface area contributed by atoms with Crippen LogP contribution in [0.3, 0.4) is 0 Å². The molecular formula is C10H14ClNO3S. The molecule has 0 heterocycles. The molecular weight excluding hydrogens is 250 g/mol. The van der Waals surface area contributed by atoms with Crippen molar-refractivity contribution in [1.82, 2.24) is 4.90 Å². The highest BCUT2D eigenvalue weighted by molar-refractivity contribution is 8.13. The highest BCUT2D eigenvalue weighted by Gasteiger charge is 2.08. The summed E-state index contributed by atoms with van der Waals surface area (Å²) in [6.07, 6.45) is 0. The zero-order chi connectivity index (χ0) is 12.2. The molecule has 0 radical (unpaired) electrons. The first kappa shape index (κ1) is 13.3. The Morgan fingerprint density at radius 2 is 1.81 bits per heavy atom. The van der Waals surface area contributed by atoms with Crippen molar-refractivity contribution in [3.05, 3.63) is 24.3 Å². The fourth-order valence-corrected chi connectivity index (χ4v) is 1.81. The van der Waals surface area contributed by atoms with E-state index in [1.165, 1.54) is 12.1 Å². The molecule has 0 aliphatic rings. The van der Waals surface area contributed by atoms with Crippen LogP contribution in [0.4, 0.5) is 0 Å². The summed E-state index contributed by atoms with van der Waals surface area (Å²) in [5, 5.41) is 0. The van der Waals surface area contributed by atoms with E-state index < -0.39 is 9.05 Å². The van der Waals surface area contributed by atoms with E-state index in [1.54, 1.807) is 12.1 Å². The minimum absolute atomic E-state index is 0.0779. The van der Waals surface area contributed by atoms with Gasteiger partial charge in [-0.2, -0.15) is 0 Å². The molecule has 16 heavy (non-hydrogen) atoms. The standard InChI is InChI=1S/C10H14ClNO3S/c1-12(2)7-8-15-9-3-5-10(6-4-9)16(11,13)14/h3-6H,7-8H2,1-2H3. The van der Waals surface area contributed by atoms with Gasteiger partial charge in [0.15, 0.2) is 0 Å². The Labute approximate surface area is 100 Å². The summed E-state index contributed by atoms with van der Waals surface area (Å²) >= 11 is 0. The number of rotatable bonds is 5. The normalized spacial score (nSPS) is 11.8. The molecule has 0 aliphatic heterocycles. The van der Waals surface area contributed by atoms with E-state index in [0.717, 1.165) is 6.54 Å². The fourth-order valence-electron chi connectivity index (χ4n) is 1.04. The van der Waals surface area contributed by atoms with Crippen LogP contribution in [-0.4, -0.2) is 40.6 Å². The largest absolute Gasteiger partial charge is 0.492 e. The molecule has 1 aromatic carbocycles. The second kappa shape index (κ2) is 5.52. The molecule has 0 unspecified atom stereocenters. The second-order valence-electron chi connectivity index (χ2n) is 3.56. The molecule has 0 amide bonds. The molecule has 0 bridgehead atoms. The Hall–Kier alpha value is -0.780. The first-order valence-electron chi connectivity index (χ1n) is 4.72. The Morgan fingerprint density at radius 1 is 1.25 bits per heavy atom. The number of halogens is 1. The van der Waals surface area contributed by atoms with Crippen LogP contribution in [0.15, 0.2) is 29.2 Å². The quantitative estimate of drug-likeness (QED) is 0.757. The molecule has 0 spiro atoms. The fraction of sp³-hybridized carbons (Fsp3) is 0.400. The third kappa shape index (κ3) is 4.38. The van der Waals surface area contributed by atoms with Gasteiger partial charge in [-0.25, -0.2) is 8.42 Å². The molecule has 0 atom stereocenters. The summed E-state index contributed by atoms with van der Waals surface area (Å²) in [5.41, 5.74) is 0. The summed E-state index contributed by atoms with van der Waals surface area (Å²) in [7, 11) is 5.44.